The van der Waals surface area contributed by atoms with Gasteiger partial charge in [0.1, 0.15) is 5.03 Å². The van der Waals surface area contributed by atoms with Crippen molar-refractivity contribution in [3.8, 4) is 0 Å². The number of alkyl halides is 3. The topological polar surface area (TPSA) is 0 Å². The van der Waals surface area contributed by atoms with E-state index in [0.29, 0.717) is 0 Å². The Morgan fingerprint density at radius 1 is 1.33 bits per heavy atom. The number of hydrogen-bond donors (Lipinski definition) is 0. The highest BCUT2D eigenvalue weighted by Crippen LogP contribution is 2.33. The van der Waals surface area contributed by atoms with Crippen molar-refractivity contribution in [1.82, 2.24) is 0 Å². The first-order chi connectivity index (χ1) is 5.41. The van der Waals surface area contributed by atoms with Gasteiger partial charge >= 0.3 is 6.18 Å². The summed E-state index contributed by atoms with van der Waals surface area (Å²) in [5.74, 6) is 0. The zero-order valence-corrected chi connectivity index (χ0v) is 7.19. The molecule has 0 heterocycles. The lowest BCUT2D eigenvalue weighted by Gasteiger charge is -2.10. The van der Waals surface area contributed by atoms with Crippen LogP contribution in [0.1, 0.15) is 6.42 Å². The van der Waals surface area contributed by atoms with Crippen LogP contribution in [0.4, 0.5) is 13.2 Å². The number of allylic oxidation sites excluding steroid dienone is 3. The minimum atomic E-state index is -4.37. The third kappa shape index (κ3) is 2.07. The van der Waals surface area contributed by atoms with E-state index in [1.165, 1.54) is 6.08 Å². The molecule has 0 aromatic heterocycles. The first-order valence-corrected chi connectivity index (χ1v) is 3.75. The summed E-state index contributed by atoms with van der Waals surface area (Å²) >= 11 is 10.8. The number of rotatable bonds is 0. The molecule has 1 rings (SSSR count). The number of hydrogen-bond acceptors (Lipinski definition) is 0. The molecular formula is C7H3Cl2F3. The van der Waals surface area contributed by atoms with E-state index in [0.717, 1.165) is 0 Å². The molecule has 1 aliphatic rings. The van der Waals surface area contributed by atoms with Crippen molar-refractivity contribution in [2.45, 2.75) is 12.6 Å². The van der Waals surface area contributed by atoms with Crippen LogP contribution in [0.25, 0.3) is 0 Å². The van der Waals surface area contributed by atoms with Gasteiger partial charge in [0.05, 0.1) is 10.6 Å². The molecule has 0 saturated heterocycles. The standard InChI is InChI=1S/C7H3Cl2F3/c8-5-2-1-4(3-6(5)9)7(10,11)12/h2H,1H2. The van der Waals surface area contributed by atoms with Gasteiger partial charge < -0.3 is 0 Å². The van der Waals surface area contributed by atoms with E-state index < -0.39 is 11.7 Å². The summed E-state index contributed by atoms with van der Waals surface area (Å²) in [7, 11) is 0. The maximum Gasteiger partial charge on any atom is 0.420 e. The molecule has 0 aromatic carbocycles. The highest BCUT2D eigenvalue weighted by atomic mass is 35.5. The van der Waals surface area contributed by atoms with Crippen LogP contribution in [-0.2, 0) is 0 Å². The van der Waals surface area contributed by atoms with Crippen LogP contribution in [0.5, 0.6) is 0 Å². The average molecular weight is 215 g/mol. The van der Waals surface area contributed by atoms with Gasteiger partial charge in [-0.15, -0.1) is 0 Å². The third-order valence-corrected chi connectivity index (χ3v) is 2.04. The second-order valence-electron chi connectivity index (χ2n) is 2.17. The van der Waals surface area contributed by atoms with Gasteiger partial charge in [0.25, 0.3) is 0 Å². The predicted octanol–water partition coefficient (Wildman–Crippen LogP) is 3.72. The molecule has 0 atom stereocenters. The van der Waals surface area contributed by atoms with Gasteiger partial charge in [0.2, 0.25) is 0 Å². The van der Waals surface area contributed by atoms with Crippen molar-refractivity contribution in [3.05, 3.63) is 27.4 Å². The first kappa shape index (κ1) is 9.72. The Hall–Kier alpha value is -0.370. The second kappa shape index (κ2) is 3.17. The highest BCUT2D eigenvalue weighted by Gasteiger charge is 2.34. The molecule has 0 unspecified atom stereocenters. The Morgan fingerprint density at radius 2 is 1.92 bits per heavy atom. The fourth-order valence-corrected chi connectivity index (χ4v) is 1.03. The van der Waals surface area contributed by atoms with E-state index in [4.69, 9.17) is 23.2 Å². The van der Waals surface area contributed by atoms with Crippen molar-refractivity contribution in [2.24, 2.45) is 0 Å². The third-order valence-electron chi connectivity index (χ3n) is 1.30. The van der Waals surface area contributed by atoms with E-state index in [9.17, 15) is 13.2 Å². The minimum absolute atomic E-state index is 0.115. The highest BCUT2D eigenvalue weighted by molar-refractivity contribution is 6.43. The van der Waals surface area contributed by atoms with Gasteiger partial charge in [0.15, 0.2) is 0 Å². The van der Waals surface area contributed by atoms with Gasteiger partial charge in [-0.1, -0.05) is 35.0 Å². The minimum Gasteiger partial charge on any atom is -0.166 e. The molecule has 5 heteroatoms. The molecular weight excluding hydrogens is 212 g/mol. The van der Waals surface area contributed by atoms with Gasteiger partial charge in [-0.05, 0) is 0 Å². The molecule has 0 aromatic rings. The zero-order chi connectivity index (χ0) is 9.35. The van der Waals surface area contributed by atoms with E-state index >= 15 is 0 Å². The summed E-state index contributed by atoms with van der Waals surface area (Å²) < 4.78 is 36.0. The van der Waals surface area contributed by atoms with Crippen molar-refractivity contribution in [1.29, 1.82) is 0 Å². The Morgan fingerprint density at radius 3 is 2.33 bits per heavy atom. The molecule has 0 amide bonds. The molecule has 0 N–H and O–H groups in total. The number of halogens is 5. The summed E-state index contributed by atoms with van der Waals surface area (Å²) in [6.45, 7) is 0. The van der Waals surface area contributed by atoms with Crippen LogP contribution < -0.4 is 0 Å². The van der Waals surface area contributed by atoms with E-state index in [1.54, 1.807) is 0 Å². The molecule has 1 aliphatic carbocycles. The Bertz CT molecular complexity index is 292. The van der Waals surface area contributed by atoms with E-state index in [2.05, 4.69) is 0 Å². The smallest absolute Gasteiger partial charge is 0.166 e. The van der Waals surface area contributed by atoms with Crippen LogP contribution in [0, 0.1) is 0 Å². The van der Waals surface area contributed by atoms with Crippen molar-refractivity contribution < 1.29 is 13.2 Å². The fraction of sp³-hybridized carbons (Fsp3) is 0.286. The lowest BCUT2D eigenvalue weighted by molar-refractivity contribution is -0.0927. The predicted molar refractivity (Wildman–Crippen MR) is 41.0 cm³/mol. The van der Waals surface area contributed by atoms with Gasteiger partial charge in [-0.3, -0.25) is 0 Å². The Labute approximate surface area is 77.0 Å². The van der Waals surface area contributed by atoms with E-state index in [-0.39, 0.29) is 16.5 Å². The van der Waals surface area contributed by atoms with Crippen LogP contribution in [0.3, 0.4) is 0 Å². The van der Waals surface area contributed by atoms with Crippen LogP contribution in [-0.4, -0.2) is 6.18 Å². The van der Waals surface area contributed by atoms with Crippen LogP contribution in [0.2, 0.25) is 0 Å². The Kier molecular flexibility index (Phi) is 2.57. The average Bonchev–Trinajstić information content (AvgIpc) is 1.92. The van der Waals surface area contributed by atoms with Gasteiger partial charge in [-0.2, -0.15) is 13.2 Å². The largest absolute Gasteiger partial charge is 0.420 e. The quantitative estimate of drug-likeness (QED) is 0.540. The summed E-state index contributed by atoms with van der Waals surface area (Å²) in [6.07, 6.45) is -3.42. The molecule has 0 fully saturated rings. The van der Waals surface area contributed by atoms with Crippen molar-refractivity contribution >= 4 is 23.2 Å². The molecule has 0 radical (unpaired) electrons. The van der Waals surface area contributed by atoms with Gasteiger partial charge in [0, 0.05) is 6.42 Å². The Balaban J connectivity index is 3.08. The summed E-state index contributed by atoms with van der Waals surface area (Å²) in [6, 6.07) is 0. The normalized spacial score (nSPS) is 18.2. The summed E-state index contributed by atoms with van der Waals surface area (Å²) in [4.78, 5) is 0. The lowest BCUT2D eigenvalue weighted by Crippen LogP contribution is -2.11. The molecule has 0 saturated carbocycles. The first-order valence-electron chi connectivity index (χ1n) is 3.00. The lowest BCUT2D eigenvalue weighted by atomic mass is 10.1. The molecule has 0 aliphatic heterocycles. The second-order valence-corrected chi connectivity index (χ2v) is 2.96. The maximum atomic E-state index is 12.0. The zero-order valence-electron chi connectivity index (χ0n) is 5.67. The SMILES string of the molecule is FC(F)(F)C1=C=C(Cl)C(Cl)=CC1. The van der Waals surface area contributed by atoms with Gasteiger partial charge in [-0.25, -0.2) is 0 Å². The molecule has 12 heavy (non-hydrogen) atoms. The maximum absolute atomic E-state index is 12.0. The monoisotopic (exact) mass is 214 g/mol. The molecule has 0 nitrogen and oxygen atoms in total. The molecule has 0 bridgehead atoms. The van der Waals surface area contributed by atoms with Crippen molar-refractivity contribution in [2.75, 3.05) is 0 Å². The van der Waals surface area contributed by atoms with Crippen molar-refractivity contribution in [3.63, 3.8) is 0 Å². The summed E-state index contributed by atoms with van der Waals surface area (Å²) in [5.41, 5.74) is 1.19. The molecule has 66 valence electrons. The van der Waals surface area contributed by atoms with Crippen LogP contribution in [0.15, 0.2) is 27.4 Å². The summed E-state index contributed by atoms with van der Waals surface area (Å²) in [5, 5.41) is -0.0695. The van der Waals surface area contributed by atoms with Crippen LogP contribution >= 0.6 is 23.2 Å². The fourth-order valence-electron chi connectivity index (χ4n) is 0.711. The van der Waals surface area contributed by atoms with E-state index in [1.807, 2.05) is 5.73 Å². The molecule has 0 spiro atoms.